The molecule has 1 atom stereocenters. The third kappa shape index (κ3) is 4.72. The molecule has 122 valence electrons. The first-order chi connectivity index (χ1) is 11.1. The van der Waals surface area contributed by atoms with Crippen molar-refractivity contribution in [3.05, 3.63) is 59.7 Å². The van der Waals surface area contributed by atoms with Crippen LogP contribution < -0.4 is 15.2 Å². The summed E-state index contributed by atoms with van der Waals surface area (Å²) in [6, 6.07) is 14.2. The van der Waals surface area contributed by atoms with Crippen molar-refractivity contribution in [1.29, 1.82) is 0 Å². The van der Waals surface area contributed by atoms with Gasteiger partial charge in [0.15, 0.2) is 0 Å². The lowest BCUT2D eigenvalue weighted by Gasteiger charge is -2.14. The molecule has 0 saturated carbocycles. The molecule has 0 heterocycles. The fraction of sp³-hybridized carbons (Fsp3) is 0.278. The molecule has 2 N–H and O–H groups in total. The molecule has 0 bridgehead atoms. The fourth-order valence-corrected chi connectivity index (χ4v) is 2.18. The predicted molar refractivity (Wildman–Crippen MR) is 87.5 cm³/mol. The third-order valence-electron chi connectivity index (χ3n) is 3.47. The maximum atomic E-state index is 12.0. The van der Waals surface area contributed by atoms with Gasteiger partial charge in [0, 0.05) is 11.6 Å². The van der Waals surface area contributed by atoms with Crippen LogP contribution in [0, 0.1) is 0 Å². The number of hydrogen-bond donors (Lipinski definition) is 1. The molecule has 0 saturated heterocycles. The van der Waals surface area contributed by atoms with Crippen LogP contribution in [-0.2, 0) is 22.6 Å². The molecule has 23 heavy (non-hydrogen) atoms. The van der Waals surface area contributed by atoms with E-state index < -0.39 is 12.0 Å². The maximum Gasteiger partial charge on any atom is 0.323 e. The van der Waals surface area contributed by atoms with Crippen LogP contribution in [0.15, 0.2) is 48.5 Å². The molecule has 2 aromatic carbocycles. The van der Waals surface area contributed by atoms with Gasteiger partial charge in [0.05, 0.1) is 14.2 Å². The number of methoxy groups -OCH3 is 2. The number of carbonyl (C=O) groups is 1. The Hall–Kier alpha value is -2.53. The van der Waals surface area contributed by atoms with Gasteiger partial charge < -0.3 is 19.9 Å². The zero-order valence-electron chi connectivity index (χ0n) is 13.3. The smallest absolute Gasteiger partial charge is 0.323 e. The van der Waals surface area contributed by atoms with E-state index in [2.05, 4.69) is 0 Å². The summed E-state index contributed by atoms with van der Waals surface area (Å²) in [6.07, 6.45) is 0.444. The molecule has 2 aromatic rings. The van der Waals surface area contributed by atoms with Crippen LogP contribution in [0.25, 0.3) is 0 Å². The van der Waals surface area contributed by atoms with E-state index in [-0.39, 0.29) is 6.61 Å². The Labute approximate surface area is 136 Å². The first-order valence-electron chi connectivity index (χ1n) is 7.31. The molecule has 0 radical (unpaired) electrons. The average molecular weight is 315 g/mol. The molecule has 0 aliphatic carbocycles. The van der Waals surface area contributed by atoms with Crippen molar-refractivity contribution in [2.75, 3.05) is 14.2 Å². The molecule has 5 heteroatoms. The SMILES string of the molecule is COc1ccc(COC(=O)[C@@H](N)Cc2ccccc2)c(OC)c1. The van der Waals surface area contributed by atoms with Crippen molar-refractivity contribution in [3.8, 4) is 11.5 Å². The summed E-state index contributed by atoms with van der Waals surface area (Å²) in [7, 11) is 3.14. The zero-order chi connectivity index (χ0) is 16.7. The number of benzene rings is 2. The Morgan fingerprint density at radius 3 is 2.48 bits per heavy atom. The lowest BCUT2D eigenvalue weighted by atomic mass is 10.1. The molecule has 0 amide bonds. The van der Waals surface area contributed by atoms with Crippen LogP contribution >= 0.6 is 0 Å². The van der Waals surface area contributed by atoms with Crippen LogP contribution in [0.4, 0.5) is 0 Å². The summed E-state index contributed by atoms with van der Waals surface area (Å²) in [4.78, 5) is 12.0. The van der Waals surface area contributed by atoms with E-state index in [1.807, 2.05) is 30.3 Å². The molecule has 0 aliphatic rings. The standard InChI is InChI=1S/C18H21NO4/c1-21-15-9-8-14(17(11-15)22-2)12-23-18(20)16(19)10-13-6-4-3-5-7-13/h3-9,11,16H,10,12,19H2,1-2H3/t16-/m0/s1. The normalized spacial score (nSPS) is 11.6. The van der Waals surface area contributed by atoms with E-state index in [0.717, 1.165) is 11.1 Å². The summed E-state index contributed by atoms with van der Waals surface area (Å²) in [5.74, 6) is 0.846. The largest absolute Gasteiger partial charge is 0.497 e. The molecule has 0 spiro atoms. The number of nitrogens with two attached hydrogens (primary N) is 1. The quantitative estimate of drug-likeness (QED) is 0.794. The van der Waals surface area contributed by atoms with E-state index in [1.54, 1.807) is 32.4 Å². The Morgan fingerprint density at radius 2 is 1.83 bits per heavy atom. The minimum Gasteiger partial charge on any atom is -0.497 e. The Morgan fingerprint density at radius 1 is 1.09 bits per heavy atom. The summed E-state index contributed by atoms with van der Waals surface area (Å²) >= 11 is 0. The molecule has 0 unspecified atom stereocenters. The van der Waals surface area contributed by atoms with E-state index in [1.165, 1.54) is 0 Å². The minimum absolute atomic E-state index is 0.106. The molecule has 0 aliphatic heterocycles. The molecular weight excluding hydrogens is 294 g/mol. The Bertz CT molecular complexity index is 643. The highest BCUT2D eigenvalue weighted by molar-refractivity contribution is 5.76. The number of ether oxygens (including phenoxy) is 3. The first kappa shape index (κ1) is 16.8. The van der Waals surface area contributed by atoms with E-state index in [4.69, 9.17) is 19.9 Å². The van der Waals surface area contributed by atoms with Gasteiger partial charge >= 0.3 is 5.97 Å². The van der Waals surface area contributed by atoms with Crippen LogP contribution in [0.3, 0.4) is 0 Å². The third-order valence-corrected chi connectivity index (χ3v) is 3.47. The van der Waals surface area contributed by atoms with Crippen molar-refractivity contribution >= 4 is 5.97 Å². The van der Waals surface area contributed by atoms with Gasteiger partial charge in [0.25, 0.3) is 0 Å². The average Bonchev–Trinajstić information content (AvgIpc) is 2.60. The maximum absolute atomic E-state index is 12.0. The molecule has 5 nitrogen and oxygen atoms in total. The molecule has 0 fully saturated rings. The van der Waals surface area contributed by atoms with Crippen molar-refractivity contribution in [1.82, 2.24) is 0 Å². The first-order valence-corrected chi connectivity index (χ1v) is 7.31. The molecular formula is C18H21NO4. The van der Waals surface area contributed by atoms with Crippen molar-refractivity contribution in [3.63, 3.8) is 0 Å². The Balaban J connectivity index is 1.93. The number of carbonyl (C=O) groups excluding carboxylic acids is 1. The van der Waals surface area contributed by atoms with Gasteiger partial charge in [-0.1, -0.05) is 30.3 Å². The van der Waals surface area contributed by atoms with E-state index in [0.29, 0.717) is 17.9 Å². The van der Waals surface area contributed by atoms with Gasteiger partial charge in [0.1, 0.15) is 24.1 Å². The lowest BCUT2D eigenvalue weighted by molar-refractivity contribution is -0.146. The second kappa shape index (κ2) is 8.19. The van der Waals surface area contributed by atoms with Gasteiger partial charge in [-0.2, -0.15) is 0 Å². The van der Waals surface area contributed by atoms with Gasteiger partial charge in [-0.3, -0.25) is 4.79 Å². The number of esters is 1. The number of rotatable bonds is 7. The minimum atomic E-state index is -0.693. The van der Waals surface area contributed by atoms with Gasteiger partial charge in [-0.25, -0.2) is 0 Å². The molecule has 2 rings (SSSR count). The van der Waals surface area contributed by atoms with E-state index in [9.17, 15) is 4.79 Å². The predicted octanol–water partition coefficient (Wildman–Crippen LogP) is 2.32. The lowest BCUT2D eigenvalue weighted by Crippen LogP contribution is -2.34. The highest BCUT2D eigenvalue weighted by atomic mass is 16.5. The van der Waals surface area contributed by atoms with Crippen molar-refractivity contribution in [2.45, 2.75) is 19.1 Å². The van der Waals surface area contributed by atoms with Crippen molar-refractivity contribution in [2.24, 2.45) is 5.73 Å². The highest BCUT2D eigenvalue weighted by Crippen LogP contribution is 2.25. The van der Waals surface area contributed by atoms with Gasteiger partial charge in [0.2, 0.25) is 0 Å². The summed E-state index contributed by atoms with van der Waals surface area (Å²) < 4.78 is 15.7. The van der Waals surface area contributed by atoms with Crippen LogP contribution in [0.1, 0.15) is 11.1 Å². The number of hydrogen-bond acceptors (Lipinski definition) is 5. The topological polar surface area (TPSA) is 70.8 Å². The van der Waals surface area contributed by atoms with Gasteiger partial charge in [-0.15, -0.1) is 0 Å². The monoisotopic (exact) mass is 315 g/mol. The summed E-state index contributed by atoms with van der Waals surface area (Å²) in [5, 5.41) is 0. The van der Waals surface area contributed by atoms with Crippen LogP contribution in [0.2, 0.25) is 0 Å². The summed E-state index contributed by atoms with van der Waals surface area (Å²) in [5.41, 5.74) is 7.66. The van der Waals surface area contributed by atoms with Crippen molar-refractivity contribution < 1.29 is 19.0 Å². The van der Waals surface area contributed by atoms with Gasteiger partial charge in [-0.05, 0) is 24.1 Å². The van der Waals surface area contributed by atoms with Crippen LogP contribution in [0.5, 0.6) is 11.5 Å². The second-order valence-electron chi connectivity index (χ2n) is 5.08. The summed E-state index contributed by atoms with van der Waals surface area (Å²) in [6.45, 7) is 0.106. The fourth-order valence-electron chi connectivity index (χ4n) is 2.18. The highest BCUT2D eigenvalue weighted by Gasteiger charge is 2.16. The Kier molecular flexibility index (Phi) is 6.00. The van der Waals surface area contributed by atoms with Crippen LogP contribution in [-0.4, -0.2) is 26.2 Å². The second-order valence-corrected chi connectivity index (χ2v) is 5.08. The van der Waals surface area contributed by atoms with E-state index >= 15 is 0 Å². The molecule has 0 aromatic heterocycles. The zero-order valence-corrected chi connectivity index (χ0v) is 13.3.